The summed E-state index contributed by atoms with van der Waals surface area (Å²) in [5.74, 6) is 0.792. The Morgan fingerprint density at radius 1 is 1.05 bits per heavy atom. The molecule has 2 rings (SSSR count). The first-order valence-corrected chi connectivity index (χ1v) is 6.88. The van der Waals surface area contributed by atoms with Crippen LogP contribution < -0.4 is 10.1 Å². The maximum atomic E-state index is 11.5. The van der Waals surface area contributed by atoms with Crippen molar-refractivity contribution in [3.63, 3.8) is 0 Å². The van der Waals surface area contributed by atoms with Crippen molar-refractivity contribution >= 4 is 6.09 Å². The average Bonchev–Trinajstić information content (AvgIpc) is 2.52. The summed E-state index contributed by atoms with van der Waals surface area (Å²) in [6, 6.07) is 17.3. The van der Waals surface area contributed by atoms with Crippen LogP contribution >= 0.6 is 0 Å². The Kier molecular flexibility index (Phi) is 5.64. The van der Waals surface area contributed by atoms with Gasteiger partial charge in [0.15, 0.2) is 0 Å². The van der Waals surface area contributed by atoms with Gasteiger partial charge in [0.2, 0.25) is 0 Å². The van der Waals surface area contributed by atoms with Crippen LogP contribution in [0.2, 0.25) is 0 Å². The molecule has 0 saturated heterocycles. The molecule has 0 fully saturated rings. The van der Waals surface area contributed by atoms with Crippen LogP contribution in [0.15, 0.2) is 54.6 Å². The van der Waals surface area contributed by atoms with Gasteiger partial charge >= 0.3 is 6.09 Å². The Bertz CT molecular complexity index is 552. The lowest BCUT2D eigenvalue weighted by Gasteiger charge is -2.08. The van der Waals surface area contributed by atoms with Crippen molar-refractivity contribution in [3.05, 3.63) is 65.7 Å². The van der Waals surface area contributed by atoms with Crippen molar-refractivity contribution < 1.29 is 14.3 Å². The largest absolute Gasteiger partial charge is 0.492 e. The number of alkyl carbamates (subject to hydrolysis) is 1. The lowest BCUT2D eigenvalue weighted by Crippen LogP contribution is -2.28. The van der Waals surface area contributed by atoms with Crippen molar-refractivity contribution in [1.29, 1.82) is 0 Å². The molecule has 1 amide bonds. The summed E-state index contributed by atoms with van der Waals surface area (Å²) in [7, 11) is 0. The molecule has 0 unspecified atom stereocenters. The Morgan fingerprint density at radius 3 is 2.48 bits per heavy atom. The predicted octanol–water partition coefficient (Wildman–Crippen LogP) is 3.30. The van der Waals surface area contributed by atoms with E-state index in [1.807, 2.05) is 61.5 Å². The molecule has 0 heterocycles. The van der Waals surface area contributed by atoms with Gasteiger partial charge in [0.1, 0.15) is 19.0 Å². The molecule has 0 spiro atoms. The quantitative estimate of drug-likeness (QED) is 0.828. The fraction of sp³-hybridized carbons (Fsp3) is 0.235. The van der Waals surface area contributed by atoms with Gasteiger partial charge in [-0.3, -0.25) is 0 Å². The number of benzene rings is 2. The molecule has 0 atom stereocenters. The second-order valence-corrected chi connectivity index (χ2v) is 4.65. The number of hydrogen-bond donors (Lipinski definition) is 1. The molecule has 0 aromatic heterocycles. The molecule has 1 N–H and O–H groups in total. The second kappa shape index (κ2) is 7.94. The van der Waals surface area contributed by atoms with Crippen LogP contribution in [0.25, 0.3) is 0 Å². The molecule has 0 aliphatic rings. The third-order valence-corrected chi connectivity index (χ3v) is 2.87. The summed E-state index contributed by atoms with van der Waals surface area (Å²) >= 11 is 0. The minimum atomic E-state index is -0.439. The van der Waals surface area contributed by atoms with E-state index in [4.69, 9.17) is 9.47 Å². The Balaban J connectivity index is 1.60. The number of rotatable bonds is 6. The van der Waals surface area contributed by atoms with Gasteiger partial charge in [-0.2, -0.15) is 0 Å². The topological polar surface area (TPSA) is 47.6 Å². The molecule has 0 aliphatic carbocycles. The Morgan fingerprint density at radius 2 is 1.76 bits per heavy atom. The van der Waals surface area contributed by atoms with E-state index in [2.05, 4.69) is 5.32 Å². The minimum Gasteiger partial charge on any atom is -0.492 e. The first-order chi connectivity index (χ1) is 10.2. The molecule has 0 saturated carbocycles. The SMILES string of the molecule is Cc1ccc(OCCNC(=O)OCc2ccccc2)cc1. The number of ether oxygens (including phenoxy) is 2. The highest BCUT2D eigenvalue weighted by Crippen LogP contribution is 2.10. The number of aryl methyl sites for hydroxylation is 1. The molecule has 21 heavy (non-hydrogen) atoms. The molecule has 0 bridgehead atoms. The summed E-state index contributed by atoms with van der Waals surface area (Å²) in [5, 5.41) is 2.65. The van der Waals surface area contributed by atoms with E-state index >= 15 is 0 Å². The van der Waals surface area contributed by atoms with Gasteiger partial charge in [0.05, 0.1) is 6.54 Å². The number of nitrogens with one attached hydrogen (secondary N) is 1. The van der Waals surface area contributed by atoms with Crippen LogP contribution in [0.5, 0.6) is 5.75 Å². The third-order valence-electron chi connectivity index (χ3n) is 2.87. The van der Waals surface area contributed by atoms with Crippen LogP contribution in [-0.4, -0.2) is 19.2 Å². The van der Waals surface area contributed by atoms with E-state index in [0.717, 1.165) is 11.3 Å². The van der Waals surface area contributed by atoms with Crippen LogP contribution in [0, 0.1) is 6.92 Å². The maximum absolute atomic E-state index is 11.5. The smallest absolute Gasteiger partial charge is 0.407 e. The lowest BCUT2D eigenvalue weighted by atomic mass is 10.2. The van der Waals surface area contributed by atoms with Gasteiger partial charge in [-0.05, 0) is 24.6 Å². The molecule has 4 nitrogen and oxygen atoms in total. The highest BCUT2D eigenvalue weighted by Gasteiger charge is 2.02. The normalized spacial score (nSPS) is 9.95. The number of hydrogen-bond acceptors (Lipinski definition) is 3. The van der Waals surface area contributed by atoms with Gasteiger partial charge < -0.3 is 14.8 Å². The molecule has 0 aliphatic heterocycles. The summed E-state index contributed by atoms with van der Waals surface area (Å²) in [6.07, 6.45) is -0.439. The van der Waals surface area contributed by atoms with Crippen molar-refractivity contribution in [2.75, 3.05) is 13.2 Å². The van der Waals surface area contributed by atoms with E-state index in [0.29, 0.717) is 13.2 Å². The number of carbonyl (C=O) groups is 1. The summed E-state index contributed by atoms with van der Waals surface area (Å²) in [6.45, 7) is 3.10. The van der Waals surface area contributed by atoms with Crippen molar-refractivity contribution in [3.8, 4) is 5.75 Å². The fourth-order valence-corrected chi connectivity index (χ4v) is 1.73. The van der Waals surface area contributed by atoms with Gasteiger partial charge in [0, 0.05) is 0 Å². The van der Waals surface area contributed by atoms with Gasteiger partial charge in [0.25, 0.3) is 0 Å². The van der Waals surface area contributed by atoms with Crippen molar-refractivity contribution in [1.82, 2.24) is 5.32 Å². The molecular weight excluding hydrogens is 266 g/mol. The summed E-state index contributed by atoms with van der Waals surface area (Å²) in [5.41, 5.74) is 2.15. The van der Waals surface area contributed by atoms with Crippen LogP contribution in [0.3, 0.4) is 0 Å². The van der Waals surface area contributed by atoms with Gasteiger partial charge in [-0.15, -0.1) is 0 Å². The predicted molar refractivity (Wildman–Crippen MR) is 81.3 cm³/mol. The minimum absolute atomic E-state index is 0.269. The van der Waals surface area contributed by atoms with Crippen LogP contribution in [-0.2, 0) is 11.3 Å². The molecule has 2 aromatic rings. The maximum Gasteiger partial charge on any atom is 0.407 e. The first kappa shape index (κ1) is 14.9. The number of amides is 1. The fourth-order valence-electron chi connectivity index (χ4n) is 1.73. The average molecular weight is 285 g/mol. The molecular formula is C17H19NO3. The third kappa shape index (κ3) is 5.57. The zero-order chi connectivity index (χ0) is 14.9. The zero-order valence-electron chi connectivity index (χ0n) is 12.0. The van der Waals surface area contributed by atoms with E-state index in [1.165, 1.54) is 5.56 Å². The van der Waals surface area contributed by atoms with E-state index in [-0.39, 0.29) is 6.61 Å². The standard InChI is InChI=1S/C17H19NO3/c1-14-7-9-16(10-8-14)20-12-11-18-17(19)21-13-15-5-3-2-4-6-15/h2-10H,11-13H2,1H3,(H,18,19). The van der Waals surface area contributed by atoms with Crippen molar-refractivity contribution in [2.45, 2.75) is 13.5 Å². The molecule has 110 valence electrons. The van der Waals surface area contributed by atoms with E-state index < -0.39 is 6.09 Å². The van der Waals surface area contributed by atoms with E-state index in [9.17, 15) is 4.79 Å². The monoisotopic (exact) mass is 285 g/mol. The molecule has 2 aromatic carbocycles. The van der Waals surface area contributed by atoms with Crippen molar-refractivity contribution in [2.24, 2.45) is 0 Å². The van der Waals surface area contributed by atoms with Crippen LogP contribution in [0.1, 0.15) is 11.1 Å². The zero-order valence-corrected chi connectivity index (χ0v) is 12.0. The van der Waals surface area contributed by atoms with Crippen LogP contribution in [0.4, 0.5) is 4.79 Å². The second-order valence-electron chi connectivity index (χ2n) is 4.65. The summed E-state index contributed by atoms with van der Waals surface area (Å²) < 4.78 is 10.6. The lowest BCUT2D eigenvalue weighted by molar-refractivity contribution is 0.137. The first-order valence-electron chi connectivity index (χ1n) is 6.88. The highest BCUT2D eigenvalue weighted by molar-refractivity contribution is 5.67. The van der Waals surface area contributed by atoms with E-state index in [1.54, 1.807) is 0 Å². The molecule has 4 heteroatoms. The number of carbonyl (C=O) groups excluding carboxylic acids is 1. The summed E-state index contributed by atoms with van der Waals surface area (Å²) in [4.78, 5) is 11.5. The Labute approximate surface area is 124 Å². The van der Waals surface area contributed by atoms with Gasteiger partial charge in [-0.1, -0.05) is 48.0 Å². The highest BCUT2D eigenvalue weighted by atomic mass is 16.5. The van der Waals surface area contributed by atoms with Gasteiger partial charge in [-0.25, -0.2) is 4.79 Å². The Hall–Kier alpha value is -2.49. The molecule has 0 radical (unpaired) electrons.